The molecule has 0 spiro atoms. The fourth-order valence-corrected chi connectivity index (χ4v) is 2.67. The summed E-state index contributed by atoms with van der Waals surface area (Å²) >= 11 is 5.76. The van der Waals surface area contributed by atoms with E-state index in [0.29, 0.717) is 0 Å². The highest BCUT2D eigenvalue weighted by molar-refractivity contribution is 14.1. The topological polar surface area (TPSA) is 0 Å². The molecule has 0 aliphatic carbocycles. The van der Waals surface area contributed by atoms with E-state index in [1.807, 2.05) is 0 Å². The van der Waals surface area contributed by atoms with E-state index in [0.717, 1.165) is 6.04 Å². The number of rotatable bonds is 1. The van der Waals surface area contributed by atoms with Crippen molar-refractivity contribution in [2.75, 3.05) is 0 Å². The van der Waals surface area contributed by atoms with Crippen LogP contribution in [-0.2, 0) is 6.04 Å². The Kier molecular flexibility index (Phi) is 3.39. The monoisotopic (exact) mass is 323 g/mol. The molecule has 0 aliphatic rings. The van der Waals surface area contributed by atoms with Crippen molar-refractivity contribution >= 4 is 48.8 Å². The van der Waals surface area contributed by atoms with E-state index in [9.17, 15) is 0 Å². The first kappa shape index (κ1) is 8.74. The largest absolute Gasteiger partial charge is 0.0572 e. The van der Waals surface area contributed by atoms with Crippen molar-refractivity contribution in [2.24, 2.45) is 0 Å². The van der Waals surface area contributed by atoms with Gasteiger partial charge >= 0.3 is 0 Å². The molecule has 3 radical (unpaired) electrons. The van der Waals surface area contributed by atoms with E-state index in [-0.39, 0.29) is 0 Å². The van der Waals surface area contributed by atoms with Crippen LogP contribution >= 0.6 is 38.5 Å². The van der Waals surface area contributed by atoms with E-state index in [1.54, 1.807) is 0 Å². The van der Waals surface area contributed by atoms with Crippen molar-refractivity contribution in [3.63, 3.8) is 0 Å². The Morgan fingerprint density at radius 3 is 2.70 bits per heavy atom. The van der Waals surface area contributed by atoms with Crippen LogP contribution in [0.4, 0.5) is 0 Å². The molecular weight excluding hydrogens is 319 g/mol. The Balaban J connectivity index is 3.07. The van der Waals surface area contributed by atoms with Gasteiger partial charge in [0, 0.05) is 18.3 Å². The number of hydrogen-bond acceptors (Lipinski definition) is 0. The van der Waals surface area contributed by atoms with Gasteiger partial charge in [-0.1, -0.05) is 22.0 Å². The molecule has 1 aromatic rings. The maximum absolute atomic E-state index is 3.47. The molecule has 0 heterocycles. The van der Waals surface area contributed by atoms with E-state index < -0.39 is 0 Å². The summed E-state index contributed by atoms with van der Waals surface area (Å²) in [5.41, 5.74) is 1.29. The highest BCUT2D eigenvalue weighted by Gasteiger charge is 1.95. The van der Waals surface area contributed by atoms with Gasteiger partial charge in [-0.3, -0.25) is 0 Å². The molecule has 10 heavy (non-hydrogen) atoms. The zero-order chi connectivity index (χ0) is 7.56. The quantitative estimate of drug-likeness (QED) is 0.550. The highest BCUT2D eigenvalue weighted by atomic mass is 127. The van der Waals surface area contributed by atoms with E-state index >= 15 is 0 Å². The fourth-order valence-electron chi connectivity index (χ4n) is 0.665. The zero-order valence-corrected chi connectivity index (χ0v) is 9.94. The third kappa shape index (κ3) is 2.07. The molecule has 0 saturated carbocycles. The van der Waals surface area contributed by atoms with Gasteiger partial charge in [0.1, 0.15) is 0 Å². The van der Waals surface area contributed by atoms with Crippen LogP contribution in [-0.4, -0.2) is 10.2 Å². The summed E-state index contributed by atoms with van der Waals surface area (Å²) < 4.78 is 2.43. The van der Waals surface area contributed by atoms with Crippen molar-refractivity contribution in [1.29, 1.82) is 0 Å². The summed E-state index contributed by atoms with van der Waals surface area (Å²) in [7, 11) is 3.45. The molecule has 0 nitrogen and oxygen atoms in total. The minimum atomic E-state index is 0.900. The van der Waals surface area contributed by atoms with Crippen LogP contribution in [0.1, 0.15) is 5.56 Å². The molecule has 0 amide bonds. The SMILES string of the molecule is [Si]Cc1ccc(I)cc1Br. The van der Waals surface area contributed by atoms with Crippen molar-refractivity contribution < 1.29 is 0 Å². The lowest BCUT2D eigenvalue weighted by molar-refractivity contribution is 1.36. The molecule has 0 aromatic heterocycles. The normalized spacial score (nSPS) is 9.90. The smallest absolute Gasteiger partial charge is 0.0284 e. The second-order valence-corrected chi connectivity index (χ2v) is 4.37. The molecule has 0 bridgehead atoms. The second kappa shape index (κ2) is 3.87. The minimum Gasteiger partial charge on any atom is -0.0572 e. The molecule has 0 aliphatic heterocycles. The Morgan fingerprint density at radius 2 is 2.20 bits per heavy atom. The van der Waals surface area contributed by atoms with Crippen LogP contribution in [0.15, 0.2) is 22.7 Å². The van der Waals surface area contributed by atoms with Gasteiger partial charge in [0.05, 0.1) is 0 Å². The average molecular weight is 324 g/mol. The van der Waals surface area contributed by atoms with Crippen molar-refractivity contribution in [1.82, 2.24) is 0 Å². The standard InChI is InChI=1S/C7H5BrISi/c8-7-3-6(9)2-1-5(7)4-10/h1-3H,4H2. The summed E-state index contributed by atoms with van der Waals surface area (Å²) in [6.45, 7) is 0. The van der Waals surface area contributed by atoms with Gasteiger partial charge in [0.25, 0.3) is 0 Å². The van der Waals surface area contributed by atoms with E-state index in [1.165, 1.54) is 13.6 Å². The summed E-state index contributed by atoms with van der Waals surface area (Å²) in [6, 6.07) is 7.22. The van der Waals surface area contributed by atoms with Crippen molar-refractivity contribution in [3.05, 3.63) is 31.8 Å². The maximum Gasteiger partial charge on any atom is 0.0284 e. The third-order valence-corrected chi connectivity index (χ3v) is 3.00. The van der Waals surface area contributed by atoms with Gasteiger partial charge in [-0.05, 0) is 46.3 Å². The molecule has 0 atom stereocenters. The Bertz CT molecular complexity index is 237. The maximum atomic E-state index is 3.47. The molecule has 3 heteroatoms. The average Bonchev–Trinajstić information content (AvgIpc) is 1.88. The highest BCUT2D eigenvalue weighted by Crippen LogP contribution is 2.19. The van der Waals surface area contributed by atoms with E-state index in [2.05, 4.69) is 67.0 Å². The molecule has 1 rings (SSSR count). The predicted octanol–water partition coefficient (Wildman–Crippen LogP) is 2.72. The van der Waals surface area contributed by atoms with E-state index in [4.69, 9.17) is 0 Å². The van der Waals surface area contributed by atoms with Crippen LogP contribution in [0.5, 0.6) is 0 Å². The molecule has 0 unspecified atom stereocenters. The molecule has 1 aromatic carbocycles. The molecule has 0 saturated heterocycles. The van der Waals surface area contributed by atoms with Crippen LogP contribution in [0.25, 0.3) is 0 Å². The Morgan fingerprint density at radius 1 is 1.50 bits per heavy atom. The minimum absolute atomic E-state index is 0.900. The summed E-state index contributed by atoms with van der Waals surface area (Å²) in [4.78, 5) is 0. The Hall–Kier alpha value is 0.647. The number of benzene rings is 1. The summed E-state index contributed by atoms with van der Waals surface area (Å²) in [5.74, 6) is 0. The van der Waals surface area contributed by atoms with Crippen LogP contribution < -0.4 is 0 Å². The Labute approximate surface area is 86.1 Å². The first-order chi connectivity index (χ1) is 4.74. The van der Waals surface area contributed by atoms with Gasteiger partial charge < -0.3 is 0 Å². The second-order valence-electron chi connectivity index (χ2n) is 1.91. The molecule has 0 N–H and O–H groups in total. The van der Waals surface area contributed by atoms with Gasteiger partial charge in [0.15, 0.2) is 0 Å². The zero-order valence-electron chi connectivity index (χ0n) is 5.20. The predicted molar refractivity (Wildman–Crippen MR) is 56.3 cm³/mol. The van der Waals surface area contributed by atoms with Crippen molar-refractivity contribution in [2.45, 2.75) is 6.04 Å². The van der Waals surface area contributed by atoms with Gasteiger partial charge in [-0.25, -0.2) is 0 Å². The van der Waals surface area contributed by atoms with Gasteiger partial charge in [0.2, 0.25) is 0 Å². The first-order valence-corrected chi connectivity index (χ1v) is 5.40. The third-order valence-electron chi connectivity index (χ3n) is 1.21. The molecular formula is C7H5BrISi. The molecule has 0 fully saturated rings. The fraction of sp³-hybridized carbons (Fsp3) is 0.143. The van der Waals surface area contributed by atoms with Crippen LogP contribution in [0.2, 0.25) is 0 Å². The van der Waals surface area contributed by atoms with Crippen LogP contribution in [0, 0.1) is 3.57 Å². The first-order valence-electron chi connectivity index (χ1n) is 2.82. The number of halogens is 2. The van der Waals surface area contributed by atoms with Crippen molar-refractivity contribution in [3.8, 4) is 0 Å². The lowest BCUT2D eigenvalue weighted by Gasteiger charge is -1.99. The van der Waals surface area contributed by atoms with Gasteiger partial charge in [-0.15, -0.1) is 0 Å². The van der Waals surface area contributed by atoms with Gasteiger partial charge in [-0.2, -0.15) is 0 Å². The lowest BCUT2D eigenvalue weighted by Crippen LogP contribution is -1.85. The molecule has 51 valence electrons. The number of hydrogen-bond donors (Lipinski definition) is 0. The summed E-state index contributed by atoms with van der Waals surface area (Å²) in [6.07, 6.45) is 0. The lowest BCUT2D eigenvalue weighted by atomic mass is 10.2. The van der Waals surface area contributed by atoms with Crippen LogP contribution in [0.3, 0.4) is 0 Å². The summed E-state index contributed by atoms with van der Waals surface area (Å²) in [5, 5.41) is 0.